The van der Waals surface area contributed by atoms with E-state index in [0.717, 1.165) is 17.7 Å². The second kappa shape index (κ2) is 12.2. The van der Waals surface area contributed by atoms with Crippen molar-refractivity contribution in [1.82, 2.24) is 10.2 Å². The lowest BCUT2D eigenvalue weighted by molar-refractivity contribution is -0.274. The largest absolute Gasteiger partial charge is 0.573 e. The predicted octanol–water partition coefficient (Wildman–Crippen LogP) is 6.75. The van der Waals surface area contributed by atoms with Crippen LogP contribution in [0.15, 0.2) is 78.5 Å². The SMILES string of the molecule is CN(C(=O)CNC(=O)Oc1cccc(OC(F)(F)F)c1)C1=C(OCc2ccccc2)c2cc(Cl)ccc2NC1(C)Cl. The van der Waals surface area contributed by atoms with Gasteiger partial charge in [-0.05, 0) is 42.8 Å². The van der Waals surface area contributed by atoms with Gasteiger partial charge in [0.15, 0.2) is 10.8 Å². The van der Waals surface area contributed by atoms with Gasteiger partial charge in [0, 0.05) is 29.4 Å². The van der Waals surface area contributed by atoms with Crippen LogP contribution in [0.5, 0.6) is 11.5 Å². The molecule has 0 saturated heterocycles. The summed E-state index contributed by atoms with van der Waals surface area (Å²) in [6.07, 6.45) is -5.98. The van der Waals surface area contributed by atoms with Crippen molar-refractivity contribution >= 4 is 46.6 Å². The molecular weight excluding hydrogens is 586 g/mol. The summed E-state index contributed by atoms with van der Waals surface area (Å²) in [5, 5.41) is 5.89. The number of carbonyl (C=O) groups is 2. The number of fused-ring (bicyclic) bond motifs is 1. The van der Waals surface area contributed by atoms with Gasteiger partial charge in [-0.25, -0.2) is 4.79 Å². The molecule has 41 heavy (non-hydrogen) atoms. The van der Waals surface area contributed by atoms with Crippen LogP contribution >= 0.6 is 23.2 Å². The lowest BCUT2D eigenvalue weighted by Gasteiger charge is -2.39. The molecular formula is C28H24Cl2F3N3O5. The number of carbonyl (C=O) groups excluding carboxylic acids is 2. The van der Waals surface area contributed by atoms with E-state index in [0.29, 0.717) is 22.0 Å². The molecule has 2 amide bonds. The van der Waals surface area contributed by atoms with Gasteiger partial charge >= 0.3 is 12.5 Å². The van der Waals surface area contributed by atoms with E-state index in [9.17, 15) is 22.8 Å². The fourth-order valence-corrected chi connectivity index (χ4v) is 4.56. The molecule has 3 aromatic rings. The average Bonchev–Trinajstić information content (AvgIpc) is 2.89. The second-order valence-corrected chi connectivity index (χ2v) is 10.2. The number of likely N-dealkylation sites (N-methyl/N-ethyl adjacent to an activating group) is 1. The van der Waals surface area contributed by atoms with Crippen molar-refractivity contribution in [2.75, 3.05) is 18.9 Å². The highest BCUT2D eigenvalue weighted by molar-refractivity contribution is 6.31. The lowest BCUT2D eigenvalue weighted by atomic mass is 9.99. The van der Waals surface area contributed by atoms with E-state index in [1.807, 2.05) is 30.3 Å². The minimum absolute atomic E-state index is 0.169. The van der Waals surface area contributed by atoms with Crippen molar-refractivity contribution in [2.45, 2.75) is 24.9 Å². The van der Waals surface area contributed by atoms with Gasteiger partial charge in [0.25, 0.3) is 0 Å². The van der Waals surface area contributed by atoms with Gasteiger partial charge < -0.3 is 29.7 Å². The topological polar surface area (TPSA) is 89.1 Å². The zero-order chi connectivity index (χ0) is 29.8. The van der Waals surface area contributed by atoms with Gasteiger partial charge in [0.05, 0.1) is 0 Å². The van der Waals surface area contributed by atoms with E-state index >= 15 is 0 Å². The molecule has 0 bridgehead atoms. The molecule has 0 saturated carbocycles. The van der Waals surface area contributed by atoms with Crippen LogP contribution in [0.1, 0.15) is 18.1 Å². The van der Waals surface area contributed by atoms with Crippen molar-refractivity contribution < 1.29 is 37.0 Å². The molecule has 0 spiro atoms. The number of alkyl halides is 4. The molecule has 2 N–H and O–H groups in total. The molecule has 1 heterocycles. The number of nitrogens with one attached hydrogen (secondary N) is 2. The van der Waals surface area contributed by atoms with Crippen LogP contribution in [-0.4, -0.2) is 41.9 Å². The molecule has 216 valence electrons. The Morgan fingerprint density at radius 2 is 1.73 bits per heavy atom. The van der Waals surface area contributed by atoms with Crippen molar-refractivity contribution in [3.05, 3.63) is 94.6 Å². The molecule has 1 unspecified atom stereocenters. The normalized spacial score (nSPS) is 16.3. The maximum absolute atomic E-state index is 13.2. The third-order valence-corrected chi connectivity index (χ3v) is 6.33. The first kappa shape index (κ1) is 29.9. The van der Waals surface area contributed by atoms with Crippen LogP contribution in [0.4, 0.5) is 23.7 Å². The highest BCUT2D eigenvalue weighted by Gasteiger charge is 2.40. The summed E-state index contributed by atoms with van der Waals surface area (Å²) >= 11 is 13.1. The van der Waals surface area contributed by atoms with Gasteiger partial charge in [-0.2, -0.15) is 0 Å². The van der Waals surface area contributed by atoms with Gasteiger partial charge in [-0.15, -0.1) is 13.2 Å². The molecule has 4 rings (SSSR count). The number of anilines is 1. The lowest BCUT2D eigenvalue weighted by Crippen LogP contribution is -2.47. The Balaban J connectivity index is 1.52. The van der Waals surface area contributed by atoms with Crippen molar-refractivity contribution in [3.8, 4) is 11.5 Å². The molecule has 1 aliphatic rings. The summed E-state index contributed by atoms with van der Waals surface area (Å²) in [5.41, 5.74) is 2.36. The van der Waals surface area contributed by atoms with Gasteiger partial charge in [-0.1, -0.05) is 59.6 Å². The van der Waals surface area contributed by atoms with Crippen LogP contribution in [0.2, 0.25) is 5.02 Å². The average molecular weight is 610 g/mol. The molecule has 13 heteroatoms. The molecule has 0 aliphatic carbocycles. The third-order valence-electron chi connectivity index (χ3n) is 5.82. The van der Waals surface area contributed by atoms with Gasteiger partial charge in [-0.3, -0.25) is 4.79 Å². The Hall–Kier alpha value is -4.09. The van der Waals surface area contributed by atoms with E-state index in [-0.39, 0.29) is 18.1 Å². The molecule has 0 aromatic heterocycles. The number of nitrogens with zero attached hydrogens (tertiary/aromatic N) is 1. The van der Waals surface area contributed by atoms with Crippen molar-refractivity contribution in [3.63, 3.8) is 0 Å². The predicted molar refractivity (Wildman–Crippen MR) is 147 cm³/mol. The Labute approximate surface area is 243 Å². The number of amides is 2. The Morgan fingerprint density at radius 3 is 2.44 bits per heavy atom. The van der Waals surface area contributed by atoms with Crippen LogP contribution in [0, 0.1) is 0 Å². The van der Waals surface area contributed by atoms with Crippen molar-refractivity contribution in [1.29, 1.82) is 0 Å². The fraction of sp³-hybridized carbons (Fsp3) is 0.214. The minimum Gasteiger partial charge on any atom is -0.486 e. The second-order valence-electron chi connectivity index (χ2n) is 8.99. The number of hydrogen-bond acceptors (Lipinski definition) is 6. The quantitative estimate of drug-likeness (QED) is 0.217. The zero-order valence-electron chi connectivity index (χ0n) is 21.7. The minimum atomic E-state index is -4.91. The van der Waals surface area contributed by atoms with Gasteiger partial charge in [0.1, 0.15) is 30.3 Å². The molecule has 8 nitrogen and oxygen atoms in total. The maximum atomic E-state index is 13.2. The Morgan fingerprint density at radius 1 is 1.02 bits per heavy atom. The first-order chi connectivity index (χ1) is 19.3. The van der Waals surface area contributed by atoms with E-state index in [2.05, 4.69) is 15.4 Å². The number of halogens is 5. The molecule has 1 aliphatic heterocycles. The van der Waals surface area contributed by atoms with E-state index in [1.165, 1.54) is 24.1 Å². The Bertz CT molecular complexity index is 1470. The molecule has 0 fully saturated rings. The molecule has 1 atom stereocenters. The van der Waals surface area contributed by atoms with Crippen LogP contribution < -0.4 is 20.1 Å². The highest BCUT2D eigenvalue weighted by atomic mass is 35.5. The zero-order valence-corrected chi connectivity index (χ0v) is 23.2. The van der Waals surface area contributed by atoms with E-state index < -0.39 is 35.7 Å². The molecule has 3 aromatic carbocycles. The number of rotatable bonds is 8. The number of ether oxygens (including phenoxy) is 3. The van der Waals surface area contributed by atoms with Gasteiger partial charge in [0.2, 0.25) is 5.91 Å². The smallest absolute Gasteiger partial charge is 0.486 e. The summed E-state index contributed by atoms with van der Waals surface area (Å²) in [6.45, 7) is 1.29. The summed E-state index contributed by atoms with van der Waals surface area (Å²) in [4.78, 5) is 25.4. The monoisotopic (exact) mass is 609 g/mol. The highest BCUT2D eigenvalue weighted by Crippen LogP contribution is 2.44. The fourth-order valence-electron chi connectivity index (χ4n) is 4.08. The van der Waals surface area contributed by atoms with Crippen LogP contribution in [0.3, 0.4) is 0 Å². The Kier molecular flexibility index (Phi) is 8.89. The first-order valence-electron chi connectivity index (χ1n) is 12.1. The number of hydrogen-bond donors (Lipinski definition) is 2. The number of benzene rings is 3. The third kappa shape index (κ3) is 7.77. The standard InChI is InChI=1S/C28H24Cl2F3N3O5/c1-27(30)25(24(39-16-17-7-4-3-5-8-17)21-13-18(29)11-12-22(21)35-27)36(2)23(37)15-34-26(38)40-19-9-6-10-20(14-19)41-28(31,32)33/h3-14,35H,15-16H2,1-2H3,(H,34,38). The van der Waals surface area contributed by atoms with E-state index in [4.69, 9.17) is 32.7 Å². The summed E-state index contributed by atoms with van der Waals surface area (Å²) in [5.74, 6) is -1.07. The van der Waals surface area contributed by atoms with E-state index in [1.54, 1.807) is 25.1 Å². The maximum Gasteiger partial charge on any atom is 0.573 e. The summed E-state index contributed by atoms with van der Waals surface area (Å²) < 4.78 is 52.5. The molecule has 0 radical (unpaired) electrons. The van der Waals surface area contributed by atoms with Crippen LogP contribution in [-0.2, 0) is 16.1 Å². The first-order valence-corrected chi connectivity index (χ1v) is 12.8. The van der Waals surface area contributed by atoms with Crippen molar-refractivity contribution in [2.24, 2.45) is 0 Å². The van der Waals surface area contributed by atoms with Crippen LogP contribution in [0.25, 0.3) is 5.76 Å². The summed E-state index contributed by atoms with van der Waals surface area (Å²) in [6, 6.07) is 18.9. The summed E-state index contributed by atoms with van der Waals surface area (Å²) in [7, 11) is 1.46.